The fourth-order valence-corrected chi connectivity index (χ4v) is 2.92. The molecule has 0 spiro atoms. The molecule has 2 atom stereocenters. The van der Waals surface area contributed by atoms with E-state index in [4.69, 9.17) is 10.5 Å². The van der Waals surface area contributed by atoms with Crippen LogP contribution in [-0.2, 0) is 4.74 Å². The van der Waals surface area contributed by atoms with Gasteiger partial charge < -0.3 is 15.8 Å². The van der Waals surface area contributed by atoms with Crippen LogP contribution in [0.25, 0.3) is 0 Å². The van der Waals surface area contributed by atoms with Crippen LogP contribution in [0.3, 0.4) is 0 Å². The Bertz CT molecular complexity index is 321. The number of nitrogens with one attached hydrogen (secondary N) is 1. The van der Waals surface area contributed by atoms with Crippen LogP contribution in [0.5, 0.6) is 0 Å². The summed E-state index contributed by atoms with van der Waals surface area (Å²) in [7, 11) is 1.79. The molecule has 104 valence electrons. The SMILES string of the molecule is C=C(C)CN=C(N)NC1CC(OC)C1(CC)CC. The Labute approximate surface area is 111 Å². The Hall–Kier alpha value is -1.03. The Kier molecular flexibility index (Phi) is 5.20. The number of nitrogens with zero attached hydrogens (tertiary/aromatic N) is 1. The second-order valence-electron chi connectivity index (χ2n) is 5.26. The van der Waals surface area contributed by atoms with Gasteiger partial charge >= 0.3 is 0 Å². The minimum absolute atomic E-state index is 0.193. The molecular formula is C14H27N3O. The first-order valence-corrected chi connectivity index (χ1v) is 6.73. The first kappa shape index (κ1) is 15.0. The van der Waals surface area contributed by atoms with Crippen molar-refractivity contribution >= 4 is 5.96 Å². The summed E-state index contributed by atoms with van der Waals surface area (Å²) in [4.78, 5) is 4.27. The second kappa shape index (κ2) is 6.23. The number of rotatable bonds is 6. The van der Waals surface area contributed by atoms with Gasteiger partial charge in [0.1, 0.15) is 0 Å². The van der Waals surface area contributed by atoms with Crippen molar-refractivity contribution in [2.75, 3.05) is 13.7 Å². The van der Waals surface area contributed by atoms with Gasteiger partial charge in [0.25, 0.3) is 0 Å². The van der Waals surface area contributed by atoms with Crippen LogP contribution in [-0.4, -0.2) is 31.8 Å². The van der Waals surface area contributed by atoms with Gasteiger partial charge in [-0.2, -0.15) is 0 Å². The summed E-state index contributed by atoms with van der Waals surface area (Å²) in [5.41, 5.74) is 7.11. The smallest absolute Gasteiger partial charge is 0.189 e. The highest BCUT2D eigenvalue weighted by Crippen LogP contribution is 2.48. The fourth-order valence-electron chi connectivity index (χ4n) is 2.92. The molecule has 1 aliphatic rings. The summed E-state index contributed by atoms with van der Waals surface area (Å²) in [5, 5.41) is 3.34. The maximum absolute atomic E-state index is 5.91. The van der Waals surface area contributed by atoms with Crippen LogP contribution in [0.4, 0.5) is 0 Å². The second-order valence-corrected chi connectivity index (χ2v) is 5.26. The van der Waals surface area contributed by atoms with Gasteiger partial charge in [-0.25, -0.2) is 4.99 Å². The molecule has 4 heteroatoms. The molecule has 4 nitrogen and oxygen atoms in total. The van der Waals surface area contributed by atoms with Gasteiger partial charge in [-0.05, 0) is 26.2 Å². The molecule has 3 N–H and O–H groups in total. The zero-order valence-electron chi connectivity index (χ0n) is 12.1. The van der Waals surface area contributed by atoms with Crippen LogP contribution in [0.1, 0.15) is 40.0 Å². The number of aliphatic imine (C=N–C) groups is 1. The van der Waals surface area contributed by atoms with E-state index in [-0.39, 0.29) is 5.41 Å². The molecule has 0 radical (unpaired) electrons. The van der Waals surface area contributed by atoms with Crippen molar-refractivity contribution in [2.45, 2.75) is 52.2 Å². The average molecular weight is 253 g/mol. The quantitative estimate of drug-likeness (QED) is 0.433. The maximum Gasteiger partial charge on any atom is 0.189 e. The van der Waals surface area contributed by atoms with Crippen molar-refractivity contribution in [3.05, 3.63) is 12.2 Å². The fraction of sp³-hybridized carbons (Fsp3) is 0.786. The zero-order valence-corrected chi connectivity index (χ0v) is 12.1. The van der Waals surface area contributed by atoms with E-state index in [2.05, 4.69) is 30.7 Å². The van der Waals surface area contributed by atoms with Crippen molar-refractivity contribution in [2.24, 2.45) is 16.1 Å². The molecule has 0 saturated heterocycles. The molecule has 1 fully saturated rings. The minimum Gasteiger partial charge on any atom is -0.381 e. The van der Waals surface area contributed by atoms with E-state index in [0.717, 1.165) is 24.8 Å². The lowest BCUT2D eigenvalue weighted by Crippen LogP contribution is -2.65. The first-order valence-electron chi connectivity index (χ1n) is 6.73. The number of ether oxygens (including phenoxy) is 1. The summed E-state index contributed by atoms with van der Waals surface area (Å²) in [5.74, 6) is 0.517. The van der Waals surface area contributed by atoms with Gasteiger partial charge in [0.15, 0.2) is 5.96 Å². The lowest BCUT2D eigenvalue weighted by atomic mass is 9.58. The standard InChI is InChI=1S/C14H27N3O/c1-6-14(7-2)11(8-12(14)18-5)17-13(15)16-9-10(3)4/h11-12H,3,6-9H2,1-2,4-5H3,(H3,15,16,17). The molecular weight excluding hydrogens is 226 g/mol. The number of hydrogen-bond acceptors (Lipinski definition) is 2. The van der Waals surface area contributed by atoms with Crippen LogP contribution < -0.4 is 11.1 Å². The third-order valence-electron chi connectivity index (χ3n) is 4.23. The molecule has 0 aromatic rings. The Morgan fingerprint density at radius 1 is 1.50 bits per heavy atom. The number of hydrogen-bond donors (Lipinski definition) is 2. The van der Waals surface area contributed by atoms with Crippen molar-refractivity contribution in [3.63, 3.8) is 0 Å². The number of guanidine groups is 1. The lowest BCUT2D eigenvalue weighted by Gasteiger charge is -2.55. The molecule has 1 saturated carbocycles. The van der Waals surface area contributed by atoms with E-state index < -0.39 is 0 Å². The normalized spacial score (nSPS) is 26.6. The van der Waals surface area contributed by atoms with Gasteiger partial charge in [-0.15, -0.1) is 0 Å². The van der Waals surface area contributed by atoms with Crippen LogP contribution >= 0.6 is 0 Å². The Morgan fingerprint density at radius 3 is 2.56 bits per heavy atom. The van der Waals surface area contributed by atoms with E-state index in [1.807, 2.05) is 6.92 Å². The van der Waals surface area contributed by atoms with Gasteiger partial charge in [-0.1, -0.05) is 26.0 Å². The summed E-state index contributed by atoms with van der Waals surface area (Å²) in [6, 6.07) is 0.367. The molecule has 1 rings (SSSR count). The third kappa shape index (κ3) is 2.86. The monoisotopic (exact) mass is 253 g/mol. The van der Waals surface area contributed by atoms with Crippen LogP contribution in [0, 0.1) is 5.41 Å². The van der Waals surface area contributed by atoms with E-state index in [1.54, 1.807) is 7.11 Å². The predicted octanol–water partition coefficient (Wildman–Crippen LogP) is 2.06. The van der Waals surface area contributed by atoms with Gasteiger partial charge in [0.05, 0.1) is 12.6 Å². The van der Waals surface area contributed by atoms with Crippen LogP contribution in [0.2, 0.25) is 0 Å². The summed E-state index contributed by atoms with van der Waals surface area (Å²) >= 11 is 0. The van der Waals surface area contributed by atoms with Crippen molar-refractivity contribution in [3.8, 4) is 0 Å². The highest BCUT2D eigenvalue weighted by Gasteiger charge is 2.53. The summed E-state index contributed by atoms with van der Waals surface area (Å²) in [6.45, 7) is 10.8. The minimum atomic E-state index is 0.193. The van der Waals surface area contributed by atoms with Gasteiger partial charge in [0.2, 0.25) is 0 Å². The summed E-state index contributed by atoms with van der Waals surface area (Å²) in [6.07, 6.45) is 3.52. The maximum atomic E-state index is 5.91. The highest BCUT2D eigenvalue weighted by atomic mass is 16.5. The zero-order chi connectivity index (χ0) is 13.8. The lowest BCUT2D eigenvalue weighted by molar-refractivity contribution is -0.118. The number of nitrogens with two attached hydrogens (primary N) is 1. The molecule has 2 unspecified atom stereocenters. The molecule has 0 bridgehead atoms. The van der Waals surface area contributed by atoms with E-state index in [0.29, 0.717) is 24.7 Å². The molecule has 0 aliphatic heterocycles. The molecule has 1 aliphatic carbocycles. The molecule has 0 heterocycles. The number of methoxy groups -OCH3 is 1. The van der Waals surface area contributed by atoms with Gasteiger partial charge in [0, 0.05) is 18.6 Å². The van der Waals surface area contributed by atoms with Crippen molar-refractivity contribution in [1.82, 2.24) is 5.32 Å². The molecule has 0 amide bonds. The Balaban J connectivity index is 2.63. The first-order chi connectivity index (χ1) is 8.50. The predicted molar refractivity (Wildman–Crippen MR) is 76.7 cm³/mol. The van der Waals surface area contributed by atoms with E-state index in [9.17, 15) is 0 Å². The average Bonchev–Trinajstić information content (AvgIpc) is 2.33. The summed E-state index contributed by atoms with van der Waals surface area (Å²) < 4.78 is 5.56. The van der Waals surface area contributed by atoms with Crippen molar-refractivity contribution in [1.29, 1.82) is 0 Å². The van der Waals surface area contributed by atoms with E-state index >= 15 is 0 Å². The largest absolute Gasteiger partial charge is 0.381 e. The van der Waals surface area contributed by atoms with Crippen LogP contribution in [0.15, 0.2) is 17.1 Å². The highest BCUT2D eigenvalue weighted by molar-refractivity contribution is 5.78. The van der Waals surface area contributed by atoms with Gasteiger partial charge in [-0.3, -0.25) is 0 Å². The van der Waals surface area contributed by atoms with Crippen molar-refractivity contribution < 1.29 is 4.74 Å². The third-order valence-corrected chi connectivity index (χ3v) is 4.23. The Morgan fingerprint density at radius 2 is 2.11 bits per heavy atom. The molecule has 0 aromatic heterocycles. The van der Waals surface area contributed by atoms with E-state index in [1.165, 1.54) is 0 Å². The molecule has 18 heavy (non-hydrogen) atoms. The molecule has 0 aromatic carbocycles. The topological polar surface area (TPSA) is 59.6 Å².